The molecule has 2 atom stereocenters. The van der Waals surface area contributed by atoms with Gasteiger partial charge in [-0.15, -0.1) is 0 Å². The Bertz CT molecular complexity index is 474. The number of hydrogen-bond acceptors (Lipinski definition) is 3. The molecule has 116 valence electrons. The zero-order valence-corrected chi connectivity index (χ0v) is 13.2. The highest BCUT2D eigenvalue weighted by Crippen LogP contribution is 2.37. The van der Waals surface area contributed by atoms with Crippen molar-refractivity contribution in [3.63, 3.8) is 0 Å². The third-order valence-electron chi connectivity index (χ3n) is 5.23. The van der Waals surface area contributed by atoms with E-state index in [1.807, 2.05) is 0 Å². The van der Waals surface area contributed by atoms with Crippen molar-refractivity contribution in [2.45, 2.75) is 58.5 Å². The van der Waals surface area contributed by atoms with Crippen LogP contribution >= 0.6 is 0 Å². The van der Waals surface area contributed by atoms with Gasteiger partial charge in [0.05, 0.1) is 6.61 Å². The average molecular weight is 288 g/mol. The van der Waals surface area contributed by atoms with Gasteiger partial charge in [-0.25, -0.2) is 4.98 Å². The molecule has 3 rings (SSSR count). The fraction of sp³-hybridized carbons (Fsp3) is 0.722. The minimum absolute atomic E-state index is 0.117. The molecular weight excluding hydrogens is 260 g/mol. The summed E-state index contributed by atoms with van der Waals surface area (Å²) in [6.45, 7) is 4.60. The van der Waals surface area contributed by atoms with Gasteiger partial charge in [-0.2, -0.15) is 0 Å². The van der Waals surface area contributed by atoms with E-state index >= 15 is 0 Å². The number of piperidine rings is 1. The van der Waals surface area contributed by atoms with E-state index in [1.54, 1.807) is 0 Å². The summed E-state index contributed by atoms with van der Waals surface area (Å²) in [5.41, 5.74) is 2.14. The van der Waals surface area contributed by atoms with Gasteiger partial charge in [-0.1, -0.05) is 32.6 Å². The average Bonchev–Trinajstić information content (AvgIpc) is 2.54. The second-order valence-corrected chi connectivity index (χ2v) is 6.77. The Labute approximate surface area is 128 Å². The van der Waals surface area contributed by atoms with Crippen LogP contribution in [0.25, 0.3) is 0 Å². The molecule has 1 aliphatic heterocycles. The molecule has 2 heterocycles. The largest absolute Gasteiger partial charge is 0.392 e. The Kier molecular flexibility index (Phi) is 4.79. The van der Waals surface area contributed by atoms with Crippen molar-refractivity contribution in [1.82, 2.24) is 4.98 Å². The molecule has 2 fully saturated rings. The van der Waals surface area contributed by atoms with Crippen LogP contribution in [0.4, 0.5) is 5.82 Å². The summed E-state index contributed by atoms with van der Waals surface area (Å²) in [5, 5.41) is 9.49. The first-order valence-corrected chi connectivity index (χ1v) is 8.65. The Morgan fingerprint density at radius 2 is 2.00 bits per heavy atom. The number of aromatic nitrogens is 1. The zero-order valence-electron chi connectivity index (χ0n) is 13.2. The third kappa shape index (κ3) is 3.39. The Balaban J connectivity index is 1.77. The predicted molar refractivity (Wildman–Crippen MR) is 86.4 cm³/mol. The van der Waals surface area contributed by atoms with Crippen LogP contribution in [0, 0.1) is 11.8 Å². The Hall–Kier alpha value is -1.09. The van der Waals surface area contributed by atoms with Gasteiger partial charge < -0.3 is 10.0 Å². The van der Waals surface area contributed by atoms with Gasteiger partial charge in [0, 0.05) is 18.8 Å². The smallest absolute Gasteiger partial charge is 0.129 e. The number of aliphatic hydroxyl groups excluding tert-OH is 1. The van der Waals surface area contributed by atoms with Crippen molar-refractivity contribution in [1.29, 1.82) is 0 Å². The first-order chi connectivity index (χ1) is 10.3. The van der Waals surface area contributed by atoms with E-state index in [9.17, 15) is 5.11 Å². The second-order valence-electron chi connectivity index (χ2n) is 6.77. The minimum Gasteiger partial charge on any atom is -0.392 e. The molecular formula is C18H28N2O. The second kappa shape index (κ2) is 6.78. The van der Waals surface area contributed by atoms with Crippen LogP contribution < -0.4 is 4.90 Å². The summed E-state index contributed by atoms with van der Waals surface area (Å²) in [7, 11) is 0. The van der Waals surface area contributed by atoms with Gasteiger partial charge in [0.1, 0.15) is 5.82 Å². The van der Waals surface area contributed by atoms with Gasteiger partial charge in [-0.3, -0.25) is 0 Å². The van der Waals surface area contributed by atoms with E-state index in [-0.39, 0.29) is 6.61 Å². The van der Waals surface area contributed by atoms with Crippen LogP contribution in [0.3, 0.4) is 0 Å². The highest BCUT2D eigenvalue weighted by molar-refractivity contribution is 5.43. The van der Waals surface area contributed by atoms with Crippen LogP contribution in [-0.2, 0) is 13.0 Å². The topological polar surface area (TPSA) is 36.4 Å². The van der Waals surface area contributed by atoms with E-state index < -0.39 is 0 Å². The predicted octanol–water partition coefficient (Wildman–Crippen LogP) is 3.54. The number of aliphatic hydroxyl groups is 1. The molecule has 3 nitrogen and oxygen atoms in total. The molecule has 2 unspecified atom stereocenters. The van der Waals surface area contributed by atoms with Crippen LogP contribution in [0.15, 0.2) is 12.1 Å². The van der Waals surface area contributed by atoms with E-state index in [1.165, 1.54) is 32.1 Å². The van der Waals surface area contributed by atoms with E-state index in [0.717, 1.165) is 54.8 Å². The van der Waals surface area contributed by atoms with Gasteiger partial charge in [-0.05, 0) is 48.8 Å². The van der Waals surface area contributed by atoms with Crippen LogP contribution in [0.1, 0.15) is 56.7 Å². The Morgan fingerprint density at radius 3 is 2.76 bits per heavy atom. The van der Waals surface area contributed by atoms with E-state index in [4.69, 9.17) is 4.98 Å². The quantitative estimate of drug-likeness (QED) is 0.920. The molecule has 1 saturated heterocycles. The summed E-state index contributed by atoms with van der Waals surface area (Å²) in [6, 6.07) is 4.14. The molecule has 1 saturated carbocycles. The molecule has 3 heteroatoms. The van der Waals surface area contributed by atoms with Crippen molar-refractivity contribution in [3.05, 3.63) is 23.4 Å². The molecule has 1 aromatic rings. The number of nitrogens with zero attached hydrogens (tertiary/aromatic N) is 2. The molecule has 0 spiro atoms. The maximum Gasteiger partial charge on any atom is 0.129 e. The molecule has 1 aliphatic carbocycles. The molecule has 0 bridgehead atoms. The normalized spacial score (nSPS) is 25.7. The fourth-order valence-electron chi connectivity index (χ4n) is 4.08. The van der Waals surface area contributed by atoms with Crippen LogP contribution in [0.5, 0.6) is 0 Å². The monoisotopic (exact) mass is 288 g/mol. The molecule has 0 amide bonds. The molecule has 0 aromatic carbocycles. The van der Waals surface area contributed by atoms with E-state index in [2.05, 4.69) is 24.0 Å². The number of aryl methyl sites for hydroxylation is 1. The number of fused-ring (bicyclic) bond motifs is 1. The zero-order chi connectivity index (χ0) is 14.7. The van der Waals surface area contributed by atoms with Crippen LogP contribution in [0.2, 0.25) is 0 Å². The molecule has 1 aromatic heterocycles. The van der Waals surface area contributed by atoms with Gasteiger partial charge >= 0.3 is 0 Å². The van der Waals surface area contributed by atoms with Crippen LogP contribution in [-0.4, -0.2) is 23.2 Å². The molecule has 2 aliphatic rings. The van der Waals surface area contributed by atoms with Crippen molar-refractivity contribution in [3.8, 4) is 0 Å². The number of rotatable bonds is 4. The first-order valence-electron chi connectivity index (χ1n) is 8.65. The van der Waals surface area contributed by atoms with E-state index in [0.29, 0.717) is 0 Å². The lowest BCUT2D eigenvalue weighted by atomic mass is 9.75. The number of hydrogen-bond donors (Lipinski definition) is 1. The summed E-state index contributed by atoms with van der Waals surface area (Å²) in [4.78, 5) is 7.31. The van der Waals surface area contributed by atoms with Gasteiger partial charge in [0.2, 0.25) is 0 Å². The van der Waals surface area contributed by atoms with Crippen molar-refractivity contribution in [2.24, 2.45) is 11.8 Å². The summed E-state index contributed by atoms with van der Waals surface area (Å²) in [5.74, 6) is 2.90. The minimum atomic E-state index is 0.117. The van der Waals surface area contributed by atoms with Gasteiger partial charge in [0.25, 0.3) is 0 Å². The van der Waals surface area contributed by atoms with Crippen molar-refractivity contribution >= 4 is 5.82 Å². The highest BCUT2D eigenvalue weighted by Gasteiger charge is 2.31. The van der Waals surface area contributed by atoms with Crippen molar-refractivity contribution < 1.29 is 5.11 Å². The fourth-order valence-corrected chi connectivity index (χ4v) is 4.08. The first kappa shape index (κ1) is 14.8. The number of pyridine rings is 1. The lowest BCUT2D eigenvalue weighted by Gasteiger charge is -2.42. The number of anilines is 1. The molecule has 21 heavy (non-hydrogen) atoms. The maximum absolute atomic E-state index is 9.49. The summed E-state index contributed by atoms with van der Waals surface area (Å²) >= 11 is 0. The maximum atomic E-state index is 9.49. The summed E-state index contributed by atoms with van der Waals surface area (Å²) < 4.78 is 0. The standard InChI is InChI=1S/C18H28N2O/c1-2-5-17-10-14(13-21)11-18(19-17)20-9-8-15-6-3-4-7-16(15)12-20/h10-11,15-16,21H,2-9,12-13H2,1H3. The van der Waals surface area contributed by atoms with Crippen molar-refractivity contribution in [2.75, 3.05) is 18.0 Å². The molecule has 1 N–H and O–H groups in total. The third-order valence-corrected chi connectivity index (χ3v) is 5.23. The van der Waals surface area contributed by atoms with Gasteiger partial charge in [0.15, 0.2) is 0 Å². The summed E-state index contributed by atoms with van der Waals surface area (Å²) in [6.07, 6.45) is 9.08. The molecule has 0 radical (unpaired) electrons. The lowest BCUT2D eigenvalue weighted by Crippen LogP contribution is -2.42. The lowest BCUT2D eigenvalue weighted by molar-refractivity contribution is 0.202. The Morgan fingerprint density at radius 1 is 1.19 bits per heavy atom. The SMILES string of the molecule is CCCc1cc(CO)cc(N2CCC3CCCCC3C2)n1. The highest BCUT2D eigenvalue weighted by atomic mass is 16.3.